The van der Waals surface area contributed by atoms with Crippen LogP contribution in [0.25, 0.3) is 0 Å². The lowest BCUT2D eigenvalue weighted by atomic mass is 10.1. The molecule has 1 heterocycles. The van der Waals surface area contributed by atoms with Gasteiger partial charge in [-0.25, -0.2) is 9.48 Å². The minimum Gasteiger partial charge on any atom is -0.507 e. The number of hydrogen-bond acceptors (Lipinski definition) is 5. The Bertz CT molecular complexity index is 752. The molecule has 0 aliphatic carbocycles. The summed E-state index contributed by atoms with van der Waals surface area (Å²) in [6.45, 7) is 7.02. The zero-order valence-electron chi connectivity index (χ0n) is 14.1. The van der Waals surface area contributed by atoms with Crippen molar-refractivity contribution >= 4 is 17.7 Å². The Morgan fingerprint density at radius 3 is 2.62 bits per heavy atom. The summed E-state index contributed by atoms with van der Waals surface area (Å²) in [5.41, 5.74) is 0.587. The van der Waals surface area contributed by atoms with Gasteiger partial charge in [0.05, 0.1) is 6.20 Å². The van der Waals surface area contributed by atoms with Gasteiger partial charge in [0, 0.05) is 12.1 Å². The lowest BCUT2D eigenvalue weighted by Gasteiger charge is -2.16. The fraction of sp³-hybridized carbons (Fsp3) is 0.353. The predicted molar refractivity (Wildman–Crippen MR) is 89.0 cm³/mol. The second-order valence-corrected chi connectivity index (χ2v) is 5.76. The molecular weight excluding hydrogens is 310 g/mol. The summed E-state index contributed by atoms with van der Waals surface area (Å²) in [7, 11) is 0. The van der Waals surface area contributed by atoms with Crippen LogP contribution in [-0.2, 0) is 9.53 Å². The normalized spacial score (nSPS) is 12.0. The van der Waals surface area contributed by atoms with Crippen LogP contribution in [0, 0.1) is 6.92 Å². The summed E-state index contributed by atoms with van der Waals surface area (Å²) >= 11 is 0. The van der Waals surface area contributed by atoms with Crippen molar-refractivity contribution in [2.24, 2.45) is 0 Å². The molecule has 1 atom stereocenters. The number of para-hydroxylation sites is 1. The molecule has 0 aliphatic heterocycles. The summed E-state index contributed by atoms with van der Waals surface area (Å²) in [6.07, 6.45) is 0.560. The minimum atomic E-state index is -1.02. The van der Waals surface area contributed by atoms with E-state index in [9.17, 15) is 14.7 Å². The lowest BCUT2D eigenvalue weighted by Crippen LogP contribution is -2.31. The highest BCUT2D eigenvalue weighted by molar-refractivity contribution is 5.98. The molecule has 24 heavy (non-hydrogen) atoms. The van der Waals surface area contributed by atoms with Crippen LogP contribution in [0.15, 0.2) is 30.5 Å². The van der Waals surface area contributed by atoms with Crippen molar-refractivity contribution in [1.29, 1.82) is 0 Å². The molecule has 1 aromatic heterocycles. The van der Waals surface area contributed by atoms with Crippen LogP contribution in [0.2, 0.25) is 0 Å². The third kappa shape index (κ3) is 3.73. The first kappa shape index (κ1) is 17.5. The van der Waals surface area contributed by atoms with Gasteiger partial charge in [0.25, 0.3) is 5.91 Å². The molecular formula is C17H21N3O4. The number of aromatic hydroxyl groups is 1. The Labute approximate surface area is 140 Å². The molecule has 0 saturated heterocycles. The summed E-state index contributed by atoms with van der Waals surface area (Å²) < 4.78 is 6.79. The van der Waals surface area contributed by atoms with Crippen molar-refractivity contribution in [3.8, 4) is 5.75 Å². The predicted octanol–water partition coefficient (Wildman–Crippen LogP) is 2.66. The van der Waals surface area contributed by atoms with Gasteiger partial charge in [0.1, 0.15) is 17.1 Å². The number of benzene rings is 1. The zero-order chi connectivity index (χ0) is 17.9. The average Bonchev–Trinajstić information content (AvgIpc) is 2.98. The Hall–Kier alpha value is -2.83. The molecule has 2 aromatic rings. The van der Waals surface area contributed by atoms with Gasteiger partial charge in [-0.1, -0.05) is 12.1 Å². The maximum Gasteiger partial charge on any atom is 0.342 e. The first-order valence-electron chi connectivity index (χ1n) is 7.65. The number of ether oxygens (including phenoxy) is 1. The Morgan fingerprint density at radius 2 is 1.96 bits per heavy atom. The average molecular weight is 331 g/mol. The van der Waals surface area contributed by atoms with E-state index >= 15 is 0 Å². The fourth-order valence-electron chi connectivity index (χ4n) is 2.15. The van der Waals surface area contributed by atoms with Gasteiger partial charge in [-0.05, 0) is 39.3 Å². The summed E-state index contributed by atoms with van der Waals surface area (Å²) in [6, 6.07) is 6.51. The first-order valence-corrected chi connectivity index (χ1v) is 7.65. The van der Waals surface area contributed by atoms with Crippen molar-refractivity contribution in [2.45, 2.75) is 39.8 Å². The third-order valence-electron chi connectivity index (χ3n) is 3.52. The van der Waals surface area contributed by atoms with Crippen LogP contribution in [0.5, 0.6) is 5.75 Å². The molecule has 0 saturated carbocycles. The standard InChI is InChI=1S/C17H21N3O4/c1-10(2)20-14(8-9-18-20)19-16(22)12(4)24-17(23)13-7-5-6-11(3)15(13)21/h5-10,12,21H,1-4H3,(H,19,22)/t12-/m1/s1. The van der Waals surface area contributed by atoms with E-state index in [0.717, 1.165) is 0 Å². The molecule has 2 rings (SSSR count). The number of aromatic nitrogens is 2. The molecule has 1 amide bonds. The molecule has 0 fully saturated rings. The monoisotopic (exact) mass is 331 g/mol. The Balaban J connectivity index is 2.05. The van der Waals surface area contributed by atoms with Crippen molar-refractivity contribution in [3.05, 3.63) is 41.6 Å². The molecule has 1 aromatic carbocycles. The largest absolute Gasteiger partial charge is 0.507 e. The number of rotatable bonds is 5. The Morgan fingerprint density at radius 1 is 1.25 bits per heavy atom. The molecule has 2 N–H and O–H groups in total. The topological polar surface area (TPSA) is 93.5 Å². The van der Waals surface area contributed by atoms with Gasteiger partial charge in [-0.15, -0.1) is 0 Å². The molecule has 128 valence electrons. The quantitative estimate of drug-likeness (QED) is 0.822. The molecule has 0 radical (unpaired) electrons. The maximum atomic E-state index is 12.2. The van der Waals surface area contributed by atoms with E-state index < -0.39 is 18.0 Å². The number of phenolic OH excluding ortho intramolecular Hbond substituents is 1. The van der Waals surface area contributed by atoms with E-state index in [1.165, 1.54) is 13.0 Å². The number of carbonyl (C=O) groups is 2. The van der Waals surface area contributed by atoms with Crippen LogP contribution < -0.4 is 5.32 Å². The smallest absolute Gasteiger partial charge is 0.342 e. The number of nitrogens with zero attached hydrogens (tertiary/aromatic N) is 2. The van der Waals surface area contributed by atoms with E-state index in [2.05, 4.69) is 10.4 Å². The summed E-state index contributed by atoms with van der Waals surface area (Å²) in [4.78, 5) is 24.3. The van der Waals surface area contributed by atoms with Crippen molar-refractivity contribution in [1.82, 2.24) is 9.78 Å². The molecule has 0 aliphatic rings. The fourth-order valence-corrected chi connectivity index (χ4v) is 2.15. The second kappa shape index (κ2) is 7.16. The van der Waals surface area contributed by atoms with Gasteiger partial charge in [-0.3, -0.25) is 4.79 Å². The number of hydrogen-bond donors (Lipinski definition) is 2. The highest BCUT2D eigenvalue weighted by atomic mass is 16.5. The van der Waals surface area contributed by atoms with Crippen LogP contribution in [0.4, 0.5) is 5.82 Å². The second-order valence-electron chi connectivity index (χ2n) is 5.76. The van der Waals surface area contributed by atoms with Crippen LogP contribution >= 0.6 is 0 Å². The SMILES string of the molecule is Cc1cccc(C(=O)O[C@H](C)C(=O)Nc2ccnn2C(C)C)c1O. The number of carbonyl (C=O) groups excluding carboxylic acids is 2. The highest BCUT2D eigenvalue weighted by Gasteiger charge is 2.22. The van der Waals surface area contributed by atoms with E-state index in [-0.39, 0.29) is 17.4 Å². The van der Waals surface area contributed by atoms with Crippen molar-refractivity contribution < 1.29 is 19.4 Å². The van der Waals surface area contributed by atoms with Gasteiger partial charge in [0.15, 0.2) is 6.10 Å². The molecule has 7 nitrogen and oxygen atoms in total. The molecule has 0 spiro atoms. The van der Waals surface area contributed by atoms with Crippen LogP contribution in [0.1, 0.15) is 42.7 Å². The van der Waals surface area contributed by atoms with Crippen LogP contribution in [-0.4, -0.2) is 32.9 Å². The number of amides is 1. The number of nitrogens with one attached hydrogen (secondary N) is 1. The van der Waals surface area contributed by atoms with E-state index in [1.807, 2.05) is 13.8 Å². The number of esters is 1. The van der Waals surface area contributed by atoms with Gasteiger partial charge in [0.2, 0.25) is 0 Å². The number of aryl methyl sites for hydroxylation is 1. The lowest BCUT2D eigenvalue weighted by molar-refractivity contribution is -0.123. The third-order valence-corrected chi connectivity index (χ3v) is 3.52. The van der Waals surface area contributed by atoms with Gasteiger partial charge < -0.3 is 15.2 Å². The number of phenols is 1. The molecule has 7 heteroatoms. The van der Waals surface area contributed by atoms with Gasteiger partial charge >= 0.3 is 5.97 Å². The minimum absolute atomic E-state index is 0.0295. The van der Waals surface area contributed by atoms with Crippen molar-refractivity contribution in [2.75, 3.05) is 5.32 Å². The van der Waals surface area contributed by atoms with Crippen molar-refractivity contribution in [3.63, 3.8) is 0 Å². The van der Waals surface area contributed by atoms with Crippen LogP contribution in [0.3, 0.4) is 0 Å². The Kier molecular flexibility index (Phi) is 5.23. The van der Waals surface area contributed by atoms with E-state index in [1.54, 1.807) is 36.0 Å². The number of anilines is 1. The zero-order valence-corrected chi connectivity index (χ0v) is 14.1. The first-order chi connectivity index (χ1) is 11.3. The highest BCUT2D eigenvalue weighted by Crippen LogP contribution is 2.22. The van der Waals surface area contributed by atoms with E-state index in [4.69, 9.17) is 4.74 Å². The molecule has 0 unspecified atom stereocenters. The molecule has 0 bridgehead atoms. The summed E-state index contributed by atoms with van der Waals surface area (Å²) in [5.74, 6) is -0.849. The maximum absolute atomic E-state index is 12.2. The van der Waals surface area contributed by atoms with E-state index in [0.29, 0.717) is 11.4 Å². The van der Waals surface area contributed by atoms with Gasteiger partial charge in [-0.2, -0.15) is 5.10 Å². The summed E-state index contributed by atoms with van der Waals surface area (Å²) in [5, 5.41) is 16.7.